The van der Waals surface area contributed by atoms with Crippen LogP contribution in [0, 0.1) is 6.92 Å². The molecule has 28 heavy (non-hydrogen) atoms. The van der Waals surface area contributed by atoms with Crippen LogP contribution in [0.1, 0.15) is 40.5 Å². The van der Waals surface area contributed by atoms with E-state index in [0.717, 1.165) is 0 Å². The SMILES string of the molecule is CCNC(=NCc1cc(C(=O)OC)c(C)o1)NCC(O)c1cc(Cl)cc(Cl)c1. The Labute approximate surface area is 173 Å². The van der Waals surface area contributed by atoms with Crippen molar-refractivity contribution in [2.45, 2.75) is 26.5 Å². The fourth-order valence-electron chi connectivity index (χ4n) is 2.51. The number of benzene rings is 1. The number of carbonyl (C=O) groups is 1. The molecule has 0 saturated carbocycles. The monoisotopic (exact) mass is 427 g/mol. The summed E-state index contributed by atoms with van der Waals surface area (Å²) in [4.78, 5) is 16.1. The number of rotatable bonds is 7. The predicted molar refractivity (Wildman–Crippen MR) is 109 cm³/mol. The minimum Gasteiger partial charge on any atom is -0.465 e. The molecule has 1 aromatic carbocycles. The first-order valence-corrected chi connectivity index (χ1v) is 9.43. The lowest BCUT2D eigenvalue weighted by molar-refractivity contribution is 0.0599. The molecule has 1 aromatic heterocycles. The van der Waals surface area contributed by atoms with E-state index in [1.165, 1.54) is 7.11 Å². The molecule has 3 N–H and O–H groups in total. The van der Waals surface area contributed by atoms with E-state index < -0.39 is 12.1 Å². The van der Waals surface area contributed by atoms with Crippen LogP contribution in [0.25, 0.3) is 0 Å². The molecule has 0 spiro atoms. The van der Waals surface area contributed by atoms with E-state index in [9.17, 15) is 9.90 Å². The van der Waals surface area contributed by atoms with E-state index in [1.54, 1.807) is 31.2 Å². The van der Waals surface area contributed by atoms with Crippen molar-refractivity contribution in [1.82, 2.24) is 10.6 Å². The second-order valence-electron chi connectivity index (χ2n) is 5.97. The van der Waals surface area contributed by atoms with E-state index in [-0.39, 0.29) is 13.1 Å². The maximum absolute atomic E-state index is 11.7. The Bertz CT molecular complexity index is 831. The number of aliphatic imine (C=N–C) groups is 1. The smallest absolute Gasteiger partial charge is 0.341 e. The fourth-order valence-corrected chi connectivity index (χ4v) is 3.05. The number of halogens is 2. The van der Waals surface area contributed by atoms with Crippen LogP contribution in [0.4, 0.5) is 0 Å². The van der Waals surface area contributed by atoms with E-state index in [1.807, 2.05) is 6.92 Å². The molecule has 152 valence electrons. The number of aryl methyl sites for hydroxylation is 1. The third-order valence-electron chi connectivity index (χ3n) is 3.84. The molecule has 2 rings (SSSR count). The van der Waals surface area contributed by atoms with Crippen LogP contribution >= 0.6 is 23.2 Å². The summed E-state index contributed by atoms with van der Waals surface area (Å²) in [6.45, 7) is 4.67. The van der Waals surface area contributed by atoms with Crippen molar-refractivity contribution in [3.63, 3.8) is 0 Å². The highest BCUT2D eigenvalue weighted by Crippen LogP contribution is 2.23. The average molecular weight is 428 g/mol. The van der Waals surface area contributed by atoms with E-state index in [4.69, 9.17) is 32.4 Å². The molecule has 0 radical (unpaired) electrons. The fraction of sp³-hybridized carbons (Fsp3) is 0.368. The van der Waals surface area contributed by atoms with Crippen molar-refractivity contribution >= 4 is 35.1 Å². The van der Waals surface area contributed by atoms with Gasteiger partial charge in [-0.05, 0) is 43.7 Å². The number of aliphatic hydroxyl groups excluding tert-OH is 1. The van der Waals surface area contributed by atoms with Gasteiger partial charge in [0.1, 0.15) is 23.6 Å². The number of aliphatic hydroxyl groups is 1. The first-order valence-electron chi connectivity index (χ1n) is 8.67. The number of guanidine groups is 1. The van der Waals surface area contributed by atoms with E-state index in [0.29, 0.717) is 45.2 Å². The van der Waals surface area contributed by atoms with Gasteiger partial charge in [0, 0.05) is 23.1 Å². The number of carbonyl (C=O) groups excluding carboxylic acids is 1. The molecule has 0 fully saturated rings. The molecule has 0 aliphatic carbocycles. The van der Waals surface area contributed by atoms with Crippen LogP contribution in [-0.4, -0.2) is 37.2 Å². The average Bonchev–Trinajstić information content (AvgIpc) is 3.03. The summed E-state index contributed by atoms with van der Waals surface area (Å²) in [5, 5.41) is 17.4. The summed E-state index contributed by atoms with van der Waals surface area (Å²) < 4.78 is 10.3. The van der Waals surface area contributed by atoms with Crippen LogP contribution in [-0.2, 0) is 11.3 Å². The number of nitrogens with zero attached hydrogens (tertiary/aromatic N) is 1. The summed E-state index contributed by atoms with van der Waals surface area (Å²) in [5.74, 6) is 1.04. The maximum Gasteiger partial charge on any atom is 0.341 e. The van der Waals surface area contributed by atoms with Gasteiger partial charge in [0.15, 0.2) is 5.96 Å². The van der Waals surface area contributed by atoms with Crippen molar-refractivity contribution in [2.75, 3.05) is 20.2 Å². The van der Waals surface area contributed by atoms with Gasteiger partial charge in [-0.2, -0.15) is 0 Å². The van der Waals surface area contributed by atoms with Gasteiger partial charge in [0.25, 0.3) is 0 Å². The Morgan fingerprint density at radius 2 is 1.93 bits per heavy atom. The Balaban J connectivity index is 2.03. The Hall–Kier alpha value is -2.22. The number of esters is 1. The third-order valence-corrected chi connectivity index (χ3v) is 4.28. The minimum absolute atomic E-state index is 0.201. The molecule has 1 heterocycles. The number of hydrogen-bond donors (Lipinski definition) is 3. The largest absolute Gasteiger partial charge is 0.465 e. The number of furan rings is 1. The van der Waals surface area contributed by atoms with Gasteiger partial charge in [-0.25, -0.2) is 9.79 Å². The second kappa shape index (κ2) is 10.4. The molecule has 0 aliphatic heterocycles. The molecule has 0 amide bonds. The van der Waals surface area contributed by atoms with Crippen LogP contribution in [0.15, 0.2) is 33.7 Å². The van der Waals surface area contributed by atoms with Crippen molar-refractivity contribution in [3.8, 4) is 0 Å². The molecule has 9 heteroatoms. The second-order valence-corrected chi connectivity index (χ2v) is 6.84. The standard InChI is InChI=1S/C19H23Cl2N3O4/c1-4-22-19(23-9-15-8-16(11(2)28-15)18(26)27-3)24-10-17(25)12-5-13(20)7-14(21)6-12/h5-8,17,25H,4,9-10H2,1-3H3,(H2,22,23,24). The van der Waals surface area contributed by atoms with Crippen LogP contribution in [0.2, 0.25) is 10.0 Å². The van der Waals surface area contributed by atoms with Crippen LogP contribution in [0.3, 0.4) is 0 Å². The zero-order valence-corrected chi connectivity index (χ0v) is 17.4. The zero-order valence-electron chi connectivity index (χ0n) is 15.9. The lowest BCUT2D eigenvalue weighted by atomic mass is 10.1. The van der Waals surface area contributed by atoms with Gasteiger partial charge in [0.2, 0.25) is 0 Å². The lowest BCUT2D eigenvalue weighted by Gasteiger charge is -2.16. The van der Waals surface area contributed by atoms with Crippen molar-refractivity contribution < 1.29 is 19.1 Å². The zero-order chi connectivity index (χ0) is 20.7. The summed E-state index contributed by atoms with van der Waals surface area (Å²) >= 11 is 12.0. The van der Waals surface area contributed by atoms with Crippen LogP contribution in [0.5, 0.6) is 0 Å². The predicted octanol–water partition coefficient (Wildman–Crippen LogP) is 3.47. The van der Waals surface area contributed by atoms with Gasteiger partial charge in [0.05, 0.1) is 13.2 Å². The number of methoxy groups -OCH3 is 1. The molecule has 0 saturated heterocycles. The Morgan fingerprint density at radius 1 is 1.25 bits per heavy atom. The number of hydrogen-bond acceptors (Lipinski definition) is 5. The van der Waals surface area contributed by atoms with E-state index in [2.05, 4.69) is 15.6 Å². The summed E-state index contributed by atoms with van der Waals surface area (Å²) in [6, 6.07) is 6.52. The highest BCUT2D eigenvalue weighted by Gasteiger charge is 2.15. The molecule has 0 bridgehead atoms. The van der Waals surface area contributed by atoms with Gasteiger partial charge in [-0.1, -0.05) is 23.2 Å². The highest BCUT2D eigenvalue weighted by atomic mass is 35.5. The minimum atomic E-state index is -0.822. The third kappa shape index (κ3) is 6.15. The van der Waals surface area contributed by atoms with Crippen LogP contribution < -0.4 is 10.6 Å². The summed E-state index contributed by atoms with van der Waals surface area (Å²) in [5.41, 5.74) is 0.976. The Kier molecular flexibility index (Phi) is 8.17. The molecular formula is C19H23Cl2N3O4. The molecule has 2 aromatic rings. The molecule has 1 atom stereocenters. The van der Waals surface area contributed by atoms with Crippen molar-refractivity contribution in [3.05, 3.63) is 57.0 Å². The topological polar surface area (TPSA) is 96.1 Å². The highest BCUT2D eigenvalue weighted by molar-refractivity contribution is 6.34. The Morgan fingerprint density at radius 3 is 2.54 bits per heavy atom. The van der Waals surface area contributed by atoms with E-state index >= 15 is 0 Å². The van der Waals surface area contributed by atoms with Crippen molar-refractivity contribution in [2.24, 2.45) is 4.99 Å². The first-order chi connectivity index (χ1) is 13.3. The van der Waals surface area contributed by atoms with Gasteiger partial charge >= 0.3 is 5.97 Å². The lowest BCUT2D eigenvalue weighted by Crippen LogP contribution is -2.39. The van der Waals surface area contributed by atoms with Crippen molar-refractivity contribution in [1.29, 1.82) is 0 Å². The maximum atomic E-state index is 11.7. The molecular weight excluding hydrogens is 405 g/mol. The quantitative estimate of drug-likeness (QED) is 0.355. The van der Waals surface area contributed by atoms with Gasteiger partial charge in [-0.3, -0.25) is 0 Å². The molecule has 7 nitrogen and oxygen atoms in total. The van der Waals surface area contributed by atoms with Gasteiger partial charge in [-0.15, -0.1) is 0 Å². The molecule has 0 aliphatic rings. The summed E-state index contributed by atoms with van der Waals surface area (Å²) in [7, 11) is 1.32. The first kappa shape index (κ1) is 22.1. The summed E-state index contributed by atoms with van der Waals surface area (Å²) in [6.07, 6.45) is -0.822. The van der Waals surface area contributed by atoms with Gasteiger partial charge < -0.3 is 24.9 Å². The number of nitrogens with one attached hydrogen (secondary N) is 2. The number of ether oxygens (including phenoxy) is 1. The molecule has 1 unspecified atom stereocenters. The normalized spacial score (nSPS) is 12.6.